The van der Waals surface area contributed by atoms with Crippen LogP contribution in [-0.4, -0.2) is 23.2 Å². The molecule has 0 saturated heterocycles. The second-order valence-electron chi connectivity index (χ2n) is 4.79. The van der Waals surface area contributed by atoms with Crippen molar-refractivity contribution in [1.82, 2.24) is 10.3 Å². The fourth-order valence-corrected chi connectivity index (χ4v) is 2.86. The Hall–Kier alpha value is -0.450. The summed E-state index contributed by atoms with van der Waals surface area (Å²) in [5.74, 6) is 0.416. The van der Waals surface area contributed by atoms with E-state index in [0.717, 1.165) is 30.1 Å². The van der Waals surface area contributed by atoms with Gasteiger partial charge in [0.05, 0.1) is 10.7 Å². The van der Waals surface area contributed by atoms with Gasteiger partial charge in [0.15, 0.2) is 0 Å². The van der Waals surface area contributed by atoms with E-state index in [9.17, 15) is 0 Å². The van der Waals surface area contributed by atoms with E-state index in [1.54, 1.807) is 11.3 Å². The van der Waals surface area contributed by atoms with Gasteiger partial charge in [-0.1, -0.05) is 6.92 Å². The molecule has 0 spiro atoms. The maximum Gasteiger partial charge on any atom is 0.0900 e. The molecule has 0 fully saturated rings. The number of aliphatic hydroxyl groups is 1. The van der Waals surface area contributed by atoms with Crippen molar-refractivity contribution in [2.75, 3.05) is 13.2 Å². The number of aliphatic hydroxyl groups excluding tert-OH is 1. The molecule has 1 aromatic heterocycles. The molecule has 2 unspecified atom stereocenters. The Morgan fingerprint density at radius 2 is 2.06 bits per heavy atom. The van der Waals surface area contributed by atoms with Gasteiger partial charge < -0.3 is 10.4 Å². The van der Waals surface area contributed by atoms with Gasteiger partial charge >= 0.3 is 0 Å². The highest BCUT2D eigenvalue weighted by Crippen LogP contribution is 2.24. The lowest BCUT2D eigenvalue weighted by atomic mass is 10.1. The van der Waals surface area contributed by atoms with Gasteiger partial charge in [-0.3, -0.25) is 0 Å². The molecule has 4 heteroatoms. The number of nitrogens with zero attached hydrogens (tertiary/aromatic N) is 1. The molecule has 0 aliphatic rings. The summed E-state index contributed by atoms with van der Waals surface area (Å²) >= 11 is 1.78. The molecule has 1 heterocycles. The second kappa shape index (κ2) is 7.09. The highest BCUT2D eigenvalue weighted by molar-refractivity contribution is 7.11. The molecule has 0 bridgehead atoms. The van der Waals surface area contributed by atoms with Crippen molar-refractivity contribution in [1.29, 1.82) is 0 Å². The molecule has 1 rings (SSSR count). The smallest absolute Gasteiger partial charge is 0.0900 e. The van der Waals surface area contributed by atoms with E-state index in [1.807, 2.05) is 0 Å². The fraction of sp³-hybridized carbons (Fsp3) is 0.769. The summed E-state index contributed by atoms with van der Waals surface area (Å²) in [5, 5.41) is 13.6. The van der Waals surface area contributed by atoms with E-state index in [4.69, 9.17) is 5.11 Å². The SMILES string of the molecule is Cc1nc(C)c(C(C)NCCCC(C)CO)s1. The average molecular weight is 256 g/mol. The number of rotatable bonds is 7. The van der Waals surface area contributed by atoms with Crippen molar-refractivity contribution >= 4 is 11.3 Å². The Morgan fingerprint density at radius 1 is 1.35 bits per heavy atom. The first-order valence-corrected chi connectivity index (χ1v) is 7.14. The number of hydrogen-bond acceptors (Lipinski definition) is 4. The van der Waals surface area contributed by atoms with Crippen molar-refractivity contribution in [3.8, 4) is 0 Å². The van der Waals surface area contributed by atoms with Crippen LogP contribution in [0.15, 0.2) is 0 Å². The number of aryl methyl sites for hydroxylation is 2. The van der Waals surface area contributed by atoms with E-state index in [0.29, 0.717) is 18.6 Å². The van der Waals surface area contributed by atoms with Crippen molar-refractivity contribution in [3.63, 3.8) is 0 Å². The largest absolute Gasteiger partial charge is 0.396 e. The summed E-state index contributed by atoms with van der Waals surface area (Å²) in [4.78, 5) is 5.79. The van der Waals surface area contributed by atoms with Crippen LogP contribution in [0.2, 0.25) is 0 Å². The third kappa shape index (κ3) is 4.74. The second-order valence-corrected chi connectivity index (χ2v) is 6.02. The van der Waals surface area contributed by atoms with Crippen molar-refractivity contribution in [3.05, 3.63) is 15.6 Å². The highest BCUT2D eigenvalue weighted by Gasteiger charge is 2.12. The van der Waals surface area contributed by atoms with Crippen LogP contribution < -0.4 is 5.32 Å². The third-order valence-corrected chi connectivity index (χ3v) is 4.22. The molecule has 17 heavy (non-hydrogen) atoms. The predicted molar refractivity (Wildman–Crippen MR) is 73.5 cm³/mol. The fourth-order valence-electron chi connectivity index (χ4n) is 1.90. The lowest BCUT2D eigenvalue weighted by Gasteiger charge is -2.13. The topological polar surface area (TPSA) is 45.2 Å². The number of hydrogen-bond donors (Lipinski definition) is 2. The van der Waals surface area contributed by atoms with Crippen molar-refractivity contribution in [2.45, 2.75) is 46.6 Å². The summed E-state index contributed by atoms with van der Waals surface area (Å²) in [7, 11) is 0. The average Bonchev–Trinajstić information content (AvgIpc) is 2.63. The van der Waals surface area contributed by atoms with E-state index < -0.39 is 0 Å². The van der Waals surface area contributed by atoms with Crippen molar-refractivity contribution < 1.29 is 5.11 Å². The van der Waals surface area contributed by atoms with Gasteiger partial charge in [-0.05, 0) is 46.1 Å². The first-order chi connectivity index (χ1) is 8.04. The van der Waals surface area contributed by atoms with Gasteiger partial charge in [0.25, 0.3) is 0 Å². The minimum Gasteiger partial charge on any atom is -0.396 e. The molecule has 0 radical (unpaired) electrons. The molecule has 0 aliphatic heterocycles. The quantitative estimate of drug-likeness (QED) is 0.737. The molecule has 2 N–H and O–H groups in total. The summed E-state index contributed by atoms with van der Waals surface area (Å²) in [6, 6.07) is 0.380. The Bertz CT molecular complexity index is 338. The van der Waals surface area contributed by atoms with Crippen LogP contribution in [0.4, 0.5) is 0 Å². The lowest BCUT2D eigenvalue weighted by molar-refractivity contribution is 0.227. The summed E-state index contributed by atoms with van der Waals surface area (Å²) in [6.07, 6.45) is 2.19. The Balaban J connectivity index is 2.30. The van der Waals surface area contributed by atoms with Crippen LogP contribution in [0.3, 0.4) is 0 Å². The van der Waals surface area contributed by atoms with Crippen LogP contribution in [-0.2, 0) is 0 Å². The van der Waals surface area contributed by atoms with E-state index >= 15 is 0 Å². The van der Waals surface area contributed by atoms with Crippen LogP contribution in [0.5, 0.6) is 0 Å². The van der Waals surface area contributed by atoms with Crippen LogP contribution >= 0.6 is 11.3 Å². The Kier molecular flexibility index (Phi) is 6.09. The van der Waals surface area contributed by atoms with Gasteiger partial charge in [-0.2, -0.15) is 0 Å². The van der Waals surface area contributed by atoms with E-state index in [1.165, 1.54) is 4.88 Å². The molecular formula is C13H24N2OS. The minimum absolute atomic E-state index is 0.294. The number of aromatic nitrogens is 1. The summed E-state index contributed by atoms with van der Waals surface area (Å²) in [6.45, 7) is 9.70. The zero-order valence-electron chi connectivity index (χ0n) is 11.3. The molecule has 1 aromatic rings. The van der Waals surface area contributed by atoms with Gasteiger partial charge in [0, 0.05) is 17.5 Å². The predicted octanol–water partition coefficient (Wildman–Crippen LogP) is 2.82. The molecule has 0 amide bonds. The highest BCUT2D eigenvalue weighted by atomic mass is 32.1. The molecule has 0 saturated carbocycles. The van der Waals surface area contributed by atoms with Gasteiger partial charge in [0.2, 0.25) is 0 Å². The van der Waals surface area contributed by atoms with Gasteiger partial charge in [0.1, 0.15) is 0 Å². The lowest BCUT2D eigenvalue weighted by Crippen LogP contribution is -2.20. The zero-order chi connectivity index (χ0) is 12.8. The maximum atomic E-state index is 8.93. The zero-order valence-corrected chi connectivity index (χ0v) is 12.1. The van der Waals surface area contributed by atoms with Crippen LogP contribution in [0.1, 0.15) is 48.3 Å². The molecule has 98 valence electrons. The molecule has 2 atom stereocenters. The molecule has 0 aromatic carbocycles. The van der Waals surface area contributed by atoms with Crippen molar-refractivity contribution in [2.24, 2.45) is 5.92 Å². The van der Waals surface area contributed by atoms with Crippen LogP contribution in [0.25, 0.3) is 0 Å². The van der Waals surface area contributed by atoms with Gasteiger partial charge in [-0.25, -0.2) is 4.98 Å². The summed E-state index contributed by atoms with van der Waals surface area (Å²) in [5.41, 5.74) is 1.15. The minimum atomic E-state index is 0.294. The Labute approximate surface area is 108 Å². The number of thiazole rings is 1. The van der Waals surface area contributed by atoms with E-state index in [-0.39, 0.29) is 0 Å². The standard InChI is InChI=1S/C13H24N2OS/c1-9(8-16)6-5-7-14-10(2)13-11(3)15-12(4)17-13/h9-10,14,16H,5-8H2,1-4H3. The van der Waals surface area contributed by atoms with E-state index in [2.05, 4.69) is 38.0 Å². The molecule has 3 nitrogen and oxygen atoms in total. The first kappa shape index (κ1) is 14.6. The summed E-state index contributed by atoms with van der Waals surface area (Å²) < 4.78 is 0. The Morgan fingerprint density at radius 3 is 2.59 bits per heavy atom. The third-order valence-electron chi connectivity index (χ3n) is 2.97. The van der Waals surface area contributed by atoms with Gasteiger partial charge in [-0.15, -0.1) is 11.3 Å². The monoisotopic (exact) mass is 256 g/mol. The normalized spacial score (nSPS) is 14.9. The first-order valence-electron chi connectivity index (χ1n) is 6.32. The number of nitrogens with one attached hydrogen (secondary N) is 1. The van der Waals surface area contributed by atoms with Crippen LogP contribution in [0, 0.1) is 19.8 Å². The molecule has 0 aliphatic carbocycles. The molecular weight excluding hydrogens is 232 g/mol. The maximum absolute atomic E-state index is 8.93.